The van der Waals surface area contributed by atoms with E-state index in [0.717, 1.165) is 36.6 Å². The van der Waals surface area contributed by atoms with Crippen LogP contribution >= 0.6 is 0 Å². The molecule has 0 bridgehead atoms. The molecule has 0 saturated carbocycles. The molecule has 0 spiro atoms. The fraction of sp³-hybridized carbons (Fsp3) is 0.471. The maximum atomic E-state index is 5.97. The zero-order chi connectivity index (χ0) is 13.7. The van der Waals surface area contributed by atoms with E-state index < -0.39 is 0 Å². The second-order valence-electron chi connectivity index (χ2n) is 5.34. The summed E-state index contributed by atoms with van der Waals surface area (Å²) in [6.07, 6.45) is 4.11. The topological polar surface area (TPSA) is 26.0 Å². The summed E-state index contributed by atoms with van der Waals surface area (Å²) in [4.78, 5) is 4.68. The summed E-state index contributed by atoms with van der Waals surface area (Å²) in [5.74, 6) is 2.35. The minimum atomic E-state index is 0.415. The van der Waals surface area contributed by atoms with Gasteiger partial charge in [-0.2, -0.15) is 0 Å². The van der Waals surface area contributed by atoms with E-state index in [1.807, 2.05) is 6.07 Å². The summed E-state index contributed by atoms with van der Waals surface area (Å²) in [5, 5.41) is 0. The Morgan fingerprint density at radius 2 is 1.89 bits per heavy atom. The van der Waals surface area contributed by atoms with Crippen LogP contribution < -0.4 is 0 Å². The van der Waals surface area contributed by atoms with E-state index in [4.69, 9.17) is 4.42 Å². The molecule has 1 aromatic heterocycles. The molecule has 0 fully saturated rings. The van der Waals surface area contributed by atoms with Crippen molar-refractivity contribution >= 4 is 0 Å². The van der Waals surface area contributed by atoms with Crippen molar-refractivity contribution in [2.75, 3.05) is 0 Å². The van der Waals surface area contributed by atoms with Gasteiger partial charge in [0, 0.05) is 12.8 Å². The lowest BCUT2D eigenvalue weighted by Gasteiger charge is -2.03. The van der Waals surface area contributed by atoms with Gasteiger partial charge < -0.3 is 4.42 Å². The maximum Gasteiger partial charge on any atom is 0.194 e. The number of benzene rings is 1. The molecule has 0 saturated heterocycles. The maximum absolute atomic E-state index is 5.97. The van der Waals surface area contributed by atoms with Gasteiger partial charge in [0.05, 0.1) is 5.69 Å². The van der Waals surface area contributed by atoms with Crippen LogP contribution in [-0.2, 0) is 12.8 Å². The van der Waals surface area contributed by atoms with E-state index in [0.29, 0.717) is 5.92 Å². The van der Waals surface area contributed by atoms with Crippen molar-refractivity contribution < 1.29 is 4.42 Å². The van der Waals surface area contributed by atoms with Gasteiger partial charge in [-0.3, -0.25) is 0 Å². The predicted octanol–water partition coefficient (Wildman–Crippen LogP) is 4.73. The molecule has 0 atom stereocenters. The van der Waals surface area contributed by atoms with E-state index in [2.05, 4.69) is 50.0 Å². The van der Waals surface area contributed by atoms with E-state index in [1.165, 1.54) is 12.0 Å². The average Bonchev–Trinajstić information content (AvgIpc) is 2.81. The van der Waals surface area contributed by atoms with E-state index in [9.17, 15) is 0 Å². The average molecular weight is 257 g/mol. The summed E-state index contributed by atoms with van der Waals surface area (Å²) in [7, 11) is 0. The molecule has 0 aliphatic rings. The Morgan fingerprint density at radius 3 is 2.53 bits per heavy atom. The lowest BCUT2D eigenvalue weighted by molar-refractivity contribution is 0.453. The molecule has 1 heterocycles. The zero-order valence-corrected chi connectivity index (χ0v) is 12.1. The molecule has 1 aromatic carbocycles. The van der Waals surface area contributed by atoms with E-state index in [-0.39, 0.29) is 0 Å². The first-order valence-electron chi connectivity index (χ1n) is 7.23. The number of unbranched alkanes of at least 4 members (excludes halogenated alkanes) is 1. The molecule has 0 unspecified atom stereocenters. The third-order valence-corrected chi connectivity index (χ3v) is 3.27. The van der Waals surface area contributed by atoms with Crippen LogP contribution in [-0.4, -0.2) is 4.98 Å². The normalized spacial score (nSPS) is 11.2. The Morgan fingerprint density at radius 1 is 1.16 bits per heavy atom. The third-order valence-electron chi connectivity index (χ3n) is 3.27. The van der Waals surface area contributed by atoms with Crippen molar-refractivity contribution in [1.29, 1.82) is 0 Å². The van der Waals surface area contributed by atoms with Gasteiger partial charge in [0.25, 0.3) is 0 Å². The predicted molar refractivity (Wildman–Crippen MR) is 78.5 cm³/mol. The van der Waals surface area contributed by atoms with Crippen LogP contribution in [0.15, 0.2) is 34.7 Å². The van der Waals surface area contributed by atoms with Crippen LogP contribution in [0.5, 0.6) is 0 Å². The van der Waals surface area contributed by atoms with Gasteiger partial charge >= 0.3 is 0 Å². The first-order chi connectivity index (χ1) is 9.20. The van der Waals surface area contributed by atoms with Gasteiger partial charge in [-0.15, -0.1) is 0 Å². The summed E-state index contributed by atoms with van der Waals surface area (Å²) in [6, 6.07) is 10.5. The monoisotopic (exact) mass is 257 g/mol. The Hall–Kier alpha value is -1.57. The Kier molecular flexibility index (Phi) is 4.78. The van der Waals surface area contributed by atoms with Gasteiger partial charge in [0.2, 0.25) is 0 Å². The minimum Gasteiger partial charge on any atom is -0.445 e. The molecule has 0 radical (unpaired) electrons. The number of hydrogen-bond donors (Lipinski definition) is 0. The Labute approximate surface area is 115 Å². The molecule has 2 heteroatoms. The number of oxazole rings is 1. The molecule has 2 nitrogen and oxygen atoms in total. The highest BCUT2D eigenvalue weighted by Crippen LogP contribution is 2.23. The lowest BCUT2D eigenvalue weighted by Crippen LogP contribution is -1.95. The van der Waals surface area contributed by atoms with Crippen molar-refractivity contribution in [3.05, 3.63) is 53.2 Å². The van der Waals surface area contributed by atoms with Gasteiger partial charge in [-0.1, -0.05) is 57.5 Å². The molecular weight excluding hydrogens is 234 g/mol. The fourth-order valence-electron chi connectivity index (χ4n) is 2.21. The van der Waals surface area contributed by atoms with Crippen LogP contribution in [0.25, 0.3) is 0 Å². The van der Waals surface area contributed by atoms with Crippen LogP contribution in [0.1, 0.15) is 62.4 Å². The van der Waals surface area contributed by atoms with E-state index >= 15 is 0 Å². The molecular formula is C17H23NO. The van der Waals surface area contributed by atoms with Crippen LogP contribution in [0.3, 0.4) is 0 Å². The highest BCUT2D eigenvalue weighted by Gasteiger charge is 2.16. The van der Waals surface area contributed by atoms with Crippen molar-refractivity contribution in [3.8, 4) is 0 Å². The summed E-state index contributed by atoms with van der Waals surface area (Å²) >= 11 is 0. The molecule has 102 valence electrons. The summed E-state index contributed by atoms with van der Waals surface area (Å²) in [6.45, 7) is 6.54. The molecule has 0 aliphatic carbocycles. The quantitative estimate of drug-likeness (QED) is 0.747. The highest BCUT2D eigenvalue weighted by molar-refractivity contribution is 5.24. The van der Waals surface area contributed by atoms with Crippen molar-refractivity contribution in [2.45, 2.75) is 52.4 Å². The summed E-state index contributed by atoms with van der Waals surface area (Å²) in [5.41, 5.74) is 2.40. The number of hydrogen-bond acceptors (Lipinski definition) is 2. The van der Waals surface area contributed by atoms with Crippen LogP contribution in [0.2, 0.25) is 0 Å². The van der Waals surface area contributed by atoms with Crippen LogP contribution in [0.4, 0.5) is 0 Å². The smallest absolute Gasteiger partial charge is 0.194 e. The molecule has 0 aliphatic heterocycles. The van der Waals surface area contributed by atoms with Crippen molar-refractivity contribution in [3.63, 3.8) is 0 Å². The molecule has 19 heavy (non-hydrogen) atoms. The molecule has 0 N–H and O–H groups in total. The first kappa shape index (κ1) is 13.9. The van der Waals surface area contributed by atoms with Gasteiger partial charge in [-0.25, -0.2) is 4.98 Å². The Bertz CT molecular complexity index is 499. The second kappa shape index (κ2) is 6.55. The van der Waals surface area contributed by atoms with Gasteiger partial charge in [0.1, 0.15) is 5.76 Å². The fourth-order valence-corrected chi connectivity index (χ4v) is 2.21. The summed E-state index contributed by atoms with van der Waals surface area (Å²) < 4.78 is 5.97. The van der Waals surface area contributed by atoms with Gasteiger partial charge in [0.15, 0.2) is 5.89 Å². The second-order valence-corrected chi connectivity index (χ2v) is 5.34. The lowest BCUT2D eigenvalue weighted by atomic mass is 10.0. The van der Waals surface area contributed by atoms with Crippen LogP contribution in [0, 0.1) is 0 Å². The number of rotatable bonds is 6. The third kappa shape index (κ3) is 3.69. The molecule has 0 amide bonds. The SMILES string of the molecule is CCCCc1nc(C(C)C)c(Cc2ccccc2)o1. The highest BCUT2D eigenvalue weighted by atomic mass is 16.4. The zero-order valence-electron chi connectivity index (χ0n) is 12.1. The number of aryl methyl sites for hydroxylation is 1. The standard InChI is InChI=1S/C17H23NO/c1-4-5-11-16-18-17(13(2)3)15(19-16)12-14-9-7-6-8-10-14/h6-10,13H,4-5,11-12H2,1-3H3. The Balaban J connectivity index is 2.20. The van der Waals surface area contributed by atoms with Gasteiger partial charge in [-0.05, 0) is 17.9 Å². The van der Waals surface area contributed by atoms with E-state index in [1.54, 1.807) is 0 Å². The number of aromatic nitrogens is 1. The van der Waals surface area contributed by atoms with Crippen molar-refractivity contribution in [2.24, 2.45) is 0 Å². The molecule has 2 rings (SSSR count). The molecule has 2 aromatic rings. The minimum absolute atomic E-state index is 0.415. The van der Waals surface area contributed by atoms with Crippen molar-refractivity contribution in [1.82, 2.24) is 4.98 Å². The number of nitrogens with zero attached hydrogens (tertiary/aromatic N) is 1. The largest absolute Gasteiger partial charge is 0.445 e. The first-order valence-corrected chi connectivity index (χ1v) is 7.23.